The van der Waals surface area contributed by atoms with Gasteiger partial charge in [0.1, 0.15) is 23.2 Å². The first-order valence-electron chi connectivity index (χ1n) is 13.5. The van der Waals surface area contributed by atoms with Crippen LogP contribution in [0.25, 0.3) is 11.3 Å². The summed E-state index contributed by atoms with van der Waals surface area (Å²) in [5, 5.41) is -0.351. The summed E-state index contributed by atoms with van der Waals surface area (Å²) < 4.78 is 48.3. The third-order valence-electron chi connectivity index (χ3n) is 8.30. The molecule has 40 heavy (non-hydrogen) atoms. The Kier molecular flexibility index (Phi) is 6.44. The number of hydrogen-bond acceptors (Lipinski definition) is 8. The van der Waals surface area contributed by atoms with E-state index >= 15 is 0 Å². The van der Waals surface area contributed by atoms with Crippen LogP contribution in [-0.2, 0) is 10.0 Å². The van der Waals surface area contributed by atoms with Crippen LogP contribution in [0.5, 0.6) is 5.75 Å². The molecule has 1 saturated heterocycles. The molecule has 6 rings (SSSR count). The van der Waals surface area contributed by atoms with Gasteiger partial charge in [-0.2, -0.15) is 8.42 Å². The minimum Gasteiger partial charge on any atom is -0.493 e. The lowest BCUT2D eigenvalue weighted by Gasteiger charge is -2.22. The fourth-order valence-corrected chi connectivity index (χ4v) is 7.26. The lowest BCUT2D eigenvalue weighted by atomic mass is 9.95. The maximum Gasteiger partial charge on any atom is 0.281 e. The molecule has 1 aliphatic heterocycles. The zero-order chi connectivity index (χ0) is 28.2. The smallest absolute Gasteiger partial charge is 0.281 e. The Balaban J connectivity index is 1.36. The molecule has 1 spiro atoms. The molecule has 9 nitrogen and oxygen atoms in total. The van der Waals surface area contributed by atoms with Crippen molar-refractivity contribution in [2.75, 3.05) is 30.3 Å². The molecule has 0 bridgehead atoms. The second kappa shape index (κ2) is 9.72. The molecule has 3 unspecified atom stereocenters. The Morgan fingerprint density at radius 2 is 1.98 bits per heavy atom. The van der Waals surface area contributed by atoms with E-state index in [0.29, 0.717) is 41.3 Å². The van der Waals surface area contributed by atoms with Crippen molar-refractivity contribution in [3.05, 3.63) is 59.9 Å². The van der Waals surface area contributed by atoms with Crippen molar-refractivity contribution in [2.24, 2.45) is 23.2 Å². The van der Waals surface area contributed by atoms with Gasteiger partial charge in [-0.25, -0.2) is 19.1 Å². The van der Waals surface area contributed by atoms with Gasteiger partial charge in [0.05, 0.1) is 17.9 Å². The summed E-state index contributed by atoms with van der Waals surface area (Å²) in [6.45, 7) is 5.96. The average Bonchev–Trinajstić information content (AvgIpc) is 3.29. The number of carbonyl (C=O) groups excluding carboxylic acids is 1. The number of rotatable bonds is 8. The van der Waals surface area contributed by atoms with Gasteiger partial charge < -0.3 is 15.4 Å². The van der Waals surface area contributed by atoms with Crippen LogP contribution in [0.2, 0.25) is 0 Å². The molecule has 0 radical (unpaired) electrons. The topological polar surface area (TPSA) is 128 Å². The summed E-state index contributed by atoms with van der Waals surface area (Å²) in [5.41, 5.74) is 6.99. The normalized spacial score (nSPS) is 23.1. The number of aromatic nitrogens is 2. The minimum atomic E-state index is -4.28. The van der Waals surface area contributed by atoms with E-state index in [1.54, 1.807) is 18.2 Å². The number of nitrogens with one attached hydrogen (secondary N) is 1. The number of amides is 1. The van der Waals surface area contributed by atoms with Crippen molar-refractivity contribution >= 4 is 27.6 Å². The number of benzene rings is 1. The molecule has 3 aliphatic rings. The number of ether oxygens (including phenoxy) is 1. The fourth-order valence-electron chi connectivity index (χ4n) is 6.32. The number of anilines is 2. The van der Waals surface area contributed by atoms with Gasteiger partial charge in [0, 0.05) is 24.7 Å². The van der Waals surface area contributed by atoms with Crippen molar-refractivity contribution in [3.8, 4) is 17.0 Å². The van der Waals surface area contributed by atoms with Crippen LogP contribution in [0, 0.1) is 29.0 Å². The number of nitrogen functional groups attached to an aromatic ring is 1. The van der Waals surface area contributed by atoms with Crippen molar-refractivity contribution < 1.29 is 22.3 Å². The van der Waals surface area contributed by atoms with E-state index in [0.717, 1.165) is 19.5 Å². The number of carbonyl (C=O) groups is 1. The Morgan fingerprint density at radius 1 is 1.18 bits per heavy atom. The number of sulfonamides is 1. The van der Waals surface area contributed by atoms with Crippen molar-refractivity contribution in [2.45, 2.75) is 38.1 Å². The summed E-state index contributed by atoms with van der Waals surface area (Å²) in [4.78, 5) is 24.2. The van der Waals surface area contributed by atoms with Crippen LogP contribution in [0.1, 0.15) is 43.5 Å². The first-order chi connectivity index (χ1) is 19.0. The largest absolute Gasteiger partial charge is 0.493 e. The molecule has 1 amide bonds. The van der Waals surface area contributed by atoms with E-state index in [-0.39, 0.29) is 27.7 Å². The zero-order valence-corrected chi connectivity index (χ0v) is 23.2. The third-order valence-corrected chi connectivity index (χ3v) is 9.53. The van der Waals surface area contributed by atoms with Gasteiger partial charge in [0.25, 0.3) is 15.9 Å². The van der Waals surface area contributed by atoms with Crippen LogP contribution >= 0.6 is 0 Å². The minimum absolute atomic E-state index is 0.0238. The molecular weight excluding hydrogens is 533 g/mol. The summed E-state index contributed by atoms with van der Waals surface area (Å²) in [6.07, 6.45) is 3.54. The van der Waals surface area contributed by atoms with Crippen LogP contribution in [0.4, 0.5) is 16.0 Å². The molecule has 2 saturated carbocycles. The van der Waals surface area contributed by atoms with Gasteiger partial charge in [-0.05, 0) is 78.8 Å². The predicted molar refractivity (Wildman–Crippen MR) is 149 cm³/mol. The first-order valence-corrected chi connectivity index (χ1v) is 15.0. The SMILES string of the molecule is CC(C)COc1cc(F)cc(-c2ccc(C(=O)NS(=O)(=O)c3cccc(N)n3)c(N3CC4CCC5CC45C3)n2)c1. The molecule has 3 heterocycles. The Hall–Kier alpha value is -3.73. The number of nitrogens with zero attached hydrogens (tertiary/aromatic N) is 3. The van der Waals surface area contributed by atoms with Crippen LogP contribution in [-0.4, -0.2) is 44.0 Å². The Labute approximate surface area is 233 Å². The summed E-state index contributed by atoms with van der Waals surface area (Å²) >= 11 is 0. The van der Waals surface area contributed by atoms with Gasteiger partial charge in [0.15, 0.2) is 5.03 Å². The number of pyridine rings is 2. The van der Waals surface area contributed by atoms with E-state index in [4.69, 9.17) is 15.5 Å². The number of nitrogens with two attached hydrogens (primary N) is 1. The van der Waals surface area contributed by atoms with Gasteiger partial charge in [-0.3, -0.25) is 4.79 Å². The van der Waals surface area contributed by atoms with Gasteiger partial charge in [-0.15, -0.1) is 0 Å². The number of halogens is 1. The van der Waals surface area contributed by atoms with E-state index < -0.39 is 21.7 Å². The molecule has 3 N–H and O–H groups in total. The number of hydrogen-bond donors (Lipinski definition) is 2. The Bertz CT molecular complexity index is 1600. The first kappa shape index (κ1) is 26.5. The molecule has 3 atom stereocenters. The molecule has 2 aromatic heterocycles. The van der Waals surface area contributed by atoms with E-state index in [1.165, 1.54) is 43.2 Å². The lowest BCUT2D eigenvalue weighted by Crippen LogP contribution is -2.33. The van der Waals surface area contributed by atoms with E-state index in [9.17, 15) is 17.6 Å². The van der Waals surface area contributed by atoms with Crippen LogP contribution in [0.3, 0.4) is 0 Å². The molecule has 3 aromatic rings. The molecule has 210 valence electrons. The van der Waals surface area contributed by atoms with Crippen LogP contribution < -0.4 is 20.1 Å². The van der Waals surface area contributed by atoms with E-state index in [1.807, 2.05) is 13.8 Å². The summed E-state index contributed by atoms with van der Waals surface area (Å²) in [6, 6.07) is 11.8. The summed E-state index contributed by atoms with van der Waals surface area (Å²) in [5.74, 6) is 1.01. The van der Waals surface area contributed by atoms with Gasteiger partial charge >= 0.3 is 0 Å². The van der Waals surface area contributed by atoms with Crippen molar-refractivity contribution in [1.29, 1.82) is 0 Å². The Morgan fingerprint density at radius 3 is 2.70 bits per heavy atom. The van der Waals surface area contributed by atoms with Gasteiger partial charge in [-0.1, -0.05) is 19.9 Å². The highest BCUT2D eigenvalue weighted by atomic mass is 32.2. The highest BCUT2D eigenvalue weighted by Crippen LogP contribution is 2.69. The molecule has 3 fully saturated rings. The molecule has 11 heteroatoms. The van der Waals surface area contributed by atoms with Crippen molar-refractivity contribution in [1.82, 2.24) is 14.7 Å². The monoisotopic (exact) mass is 565 g/mol. The highest BCUT2D eigenvalue weighted by molar-refractivity contribution is 7.90. The molecule has 2 aliphatic carbocycles. The molecule has 1 aromatic carbocycles. The van der Waals surface area contributed by atoms with Gasteiger partial charge in [0.2, 0.25) is 0 Å². The third kappa shape index (κ3) is 4.87. The van der Waals surface area contributed by atoms with Crippen LogP contribution in [0.15, 0.2) is 53.6 Å². The fraction of sp³-hybridized carbons (Fsp3) is 0.414. The quantitative estimate of drug-likeness (QED) is 0.415. The highest BCUT2D eigenvalue weighted by Gasteiger charge is 2.66. The average molecular weight is 566 g/mol. The second-order valence-corrected chi connectivity index (χ2v) is 13.2. The zero-order valence-electron chi connectivity index (χ0n) is 22.4. The van der Waals surface area contributed by atoms with Crippen molar-refractivity contribution in [3.63, 3.8) is 0 Å². The maximum absolute atomic E-state index is 14.6. The predicted octanol–water partition coefficient (Wildman–Crippen LogP) is 4.25. The summed E-state index contributed by atoms with van der Waals surface area (Å²) in [7, 11) is -4.28. The lowest BCUT2D eigenvalue weighted by molar-refractivity contribution is 0.0981. The maximum atomic E-state index is 14.6. The standard InChI is InChI=1S/C29H32FN5O4S/c1-17(2)15-39-22-11-18(10-21(30)12-22)24-9-8-23(28(36)34-40(37,38)26-5-3-4-25(31)33-26)27(32-24)35-14-20-7-6-19-13-29(19,20)16-35/h3-5,8-12,17,19-20H,6-7,13-16H2,1-2H3,(H2,31,33)(H,34,36). The molecular formula is C29H32FN5O4S. The second-order valence-electron chi connectivity index (χ2n) is 11.6. The van der Waals surface area contributed by atoms with E-state index in [2.05, 4.69) is 14.6 Å².